The van der Waals surface area contributed by atoms with Crippen LogP contribution in [0.4, 0.5) is 0 Å². The highest BCUT2D eigenvalue weighted by molar-refractivity contribution is 6.01. The van der Waals surface area contributed by atoms with Crippen LogP contribution in [-0.4, -0.2) is 18.6 Å². The van der Waals surface area contributed by atoms with Crippen LogP contribution in [0.15, 0.2) is 42.5 Å². The average Bonchev–Trinajstić information content (AvgIpc) is 2.59. The van der Waals surface area contributed by atoms with E-state index in [1.165, 1.54) is 6.42 Å². The summed E-state index contributed by atoms with van der Waals surface area (Å²) >= 11 is 0. The molecule has 0 heterocycles. The van der Waals surface area contributed by atoms with Gasteiger partial charge in [-0.05, 0) is 36.6 Å². The van der Waals surface area contributed by atoms with Gasteiger partial charge in [-0.1, -0.05) is 44.1 Å². The summed E-state index contributed by atoms with van der Waals surface area (Å²) in [7, 11) is 0. The molecule has 1 aliphatic rings. The summed E-state index contributed by atoms with van der Waals surface area (Å²) in [5.74, 6) is 0.443. The second kappa shape index (κ2) is 8.79. The van der Waals surface area contributed by atoms with Crippen molar-refractivity contribution in [2.75, 3.05) is 6.61 Å². The average molecular weight is 310 g/mol. The highest BCUT2D eigenvalue weighted by Gasteiger charge is 2.17. The number of amides is 1. The normalized spacial score (nSPS) is 15.5. The van der Waals surface area contributed by atoms with E-state index in [2.05, 4.69) is 11.9 Å². The smallest absolute Gasteiger partial charge is 0.262 e. The molecule has 0 atom stereocenters. The zero-order valence-corrected chi connectivity index (χ0v) is 13.3. The van der Waals surface area contributed by atoms with Gasteiger partial charge in [0.15, 0.2) is 0 Å². The summed E-state index contributed by atoms with van der Waals surface area (Å²) in [4.78, 5) is 12.2. The van der Waals surface area contributed by atoms with Gasteiger partial charge in [-0.25, -0.2) is 0 Å². The molecule has 1 amide bonds. The number of nitrogens with zero attached hydrogens (tertiary/aromatic N) is 1. The lowest BCUT2D eigenvalue weighted by Gasteiger charge is -2.22. The maximum atomic E-state index is 12.2. The summed E-state index contributed by atoms with van der Waals surface area (Å²) in [6, 6.07) is 9.45. The standard InChI is InChI=1S/C19H22N2O2/c1-2-12-23-18-10-8-15(9-11-18)13-16(14-20)19(22)21-17-6-4-3-5-7-17/h2,8-11,13,17H,1,3-7,12H2,(H,21,22)/b16-13+. The van der Waals surface area contributed by atoms with E-state index in [-0.39, 0.29) is 17.5 Å². The Balaban J connectivity index is 2.00. The summed E-state index contributed by atoms with van der Waals surface area (Å²) < 4.78 is 5.41. The molecule has 120 valence electrons. The van der Waals surface area contributed by atoms with Crippen molar-refractivity contribution < 1.29 is 9.53 Å². The van der Waals surface area contributed by atoms with Crippen LogP contribution in [0, 0.1) is 11.3 Å². The van der Waals surface area contributed by atoms with Crippen molar-refractivity contribution in [3.05, 3.63) is 48.1 Å². The van der Waals surface area contributed by atoms with E-state index < -0.39 is 0 Å². The predicted octanol–water partition coefficient (Wildman–Crippen LogP) is 3.61. The number of benzene rings is 1. The number of carbonyl (C=O) groups excluding carboxylic acids is 1. The summed E-state index contributed by atoms with van der Waals surface area (Å²) in [6.07, 6.45) is 8.80. The molecule has 0 radical (unpaired) electrons. The number of hydrogen-bond acceptors (Lipinski definition) is 3. The van der Waals surface area contributed by atoms with Gasteiger partial charge in [0.2, 0.25) is 0 Å². The Hall–Kier alpha value is -2.54. The zero-order valence-electron chi connectivity index (χ0n) is 13.3. The molecule has 0 spiro atoms. The predicted molar refractivity (Wildman–Crippen MR) is 90.7 cm³/mol. The topological polar surface area (TPSA) is 62.1 Å². The van der Waals surface area contributed by atoms with Gasteiger partial charge in [0.1, 0.15) is 24.0 Å². The van der Waals surface area contributed by atoms with E-state index >= 15 is 0 Å². The highest BCUT2D eigenvalue weighted by Crippen LogP contribution is 2.18. The molecule has 4 nitrogen and oxygen atoms in total. The van der Waals surface area contributed by atoms with Crippen LogP contribution in [0.5, 0.6) is 5.75 Å². The second-order valence-corrected chi connectivity index (χ2v) is 5.65. The molecule has 1 aromatic rings. The highest BCUT2D eigenvalue weighted by atomic mass is 16.5. The molecule has 0 bridgehead atoms. The molecule has 0 saturated heterocycles. The molecule has 0 aromatic heterocycles. The Morgan fingerprint density at radius 2 is 2.00 bits per heavy atom. The minimum Gasteiger partial charge on any atom is -0.490 e. The monoisotopic (exact) mass is 310 g/mol. The first kappa shape index (κ1) is 16.8. The Morgan fingerprint density at radius 3 is 2.61 bits per heavy atom. The van der Waals surface area contributed by atoms with Crippen molar-refractivity contribution in [1.29, 1.82) is 5.26 Å². The lowest BCUT2D eigenvalue weighted by molar-refractivity contribution is -0.117. The molecule has 23 heavy (non-hydrogen) atoms. The van der Waals surface area contributed by atoms with Crippen LogP contribution in [0.25, 0.3) is 6.08 Å². The third kappa shape index (κ3) is 5.30. The van der Waals surface area contributed by atoms with Gasteiger partial charge in [-0.2, -0.15) is 5.26 Å². The van der Waals surface area contributed by atoms with E-state index in [1.54, 1.807) is 12.2 Å². The van der Waals surface area contributed by atoms with Crippen molar-refractivity contribution in [2.24, 2.45) is 0 Å². The summed E-state index contributed by atoms with van der Waals surface area (Å²) in [5, 5.41) is 12.2. The van der Waals surface area contributed by atoms with Crippen LogP contribution in [0.2, 0.25) is 0 Å². The van der Waals surface area contributed by atoms with E-state index in [1.807, 2.05) is 30.3 Å². The lowest BCUT2D eigenvalue weighted by atomic mass is 9.95. The molecule has 1 saturated carbocycles. The number of hydrogen-bond donors (Lipinski definition) is 1. The number of nitriles is 1. The van der Waals surface area contributed by atoms with E-state index in [0.29, 0.717) is 6.61 Å². The SMILES string of the molecule is C=CCOc1ccc(/C=C(\C#N)C(=O)NC2CCCCC2)cc1. The van der Waals surface area contributed by atoms with Gasteiger partial charge in [0.25, 0.3) is 5.91 Å². The Morgan fingerprint density at radius 1 is 1.30 bits per heavy atom. The van der Waals surface area contributed by atoms with Gasteiger partial charge in [-0.15, -0.1) is 0 Å². The fourth-order valence-corrected chi connectivity index (χ4v) is 2.64. The lowest BCUT2D eigenvalue weighted by Crippen LogP contribution is -2.36. The molecule has 0 aliphatic heterocycles. The van der Waals surface area contributed by atoms with E-state index in [0.717, 1.165) is 37.0 Å². The first-order valence-electron chi connectivity index (χ1n) is 7.99. The van der Waals surface area contributed by atoms with Crippen molar-refractivity contribution >= 4 is 12.0 Å². The van der Waals surface area contributed by atoms with Gasteiger partial charge in [0, 0.05) is 6.04 Å². The van der Waals surface area contributed by atoms with E-state index in [4.69, 9.17) is 4.74 Å². The Kier molecular flexibility index (Phi) is 6.43. The fraction of sp³-hybridized carbons (Fsp3) is 0.368. The Labute approximate surface area is 137 Å². The van der Waals surface area contributed by atoms with Crippen LogP contribution >= 0.6 is 0 Å². The van der Waals surface area contributed by atoms with Gasteiger partial charge >= 0.3 is 0 Å². The third-order valence-corrected chi connectivity index (χ3v) is 3.86. The van der Waals surface area contributed by atoms with Gasteiger partial charge < -0.3 is 10.1 Å². The second-order valence-electron chi connectivity index (χ2n) is 5.65. The summed E-state index contributed by atoms with van der Waals surface area (Å²) in [6.45, 7) is 4.04. The molecule has 1 N–H and O–H groups in total. The minimum absolute atomic E-state index is 0.135. The third-order valence-electron chi connectivity index (χ3n) is 3.86. The molecular weight excluding hydrogens is 288 g/mol. The largest absolute Gasteiger partial charge is 0.490 e. The maximum absolute atomic E-state index is 12.2. The molecule has 1 aromatic carbocycles. The molecule has 1 aliphatic carbocycles. The zero-order chi connectivity index (χ0) is 16.5. The first-order chi connectivity index (χ1) is 11.2. The number of ether oxygens (including phenoxy) is 1. The fourth-order valence-electron chi connectivity index (χ4n) is 2.64. The maximum Gasteiger partial charge on any atom is 0.262 e. The molecule has 0 unspecified atom stereocenters. The van der Waals surface area contributed by atoms with Crippen LogP contribution in [-0.2, 0) is 4.79 Å². The molecule has 2 rings (SSSR count). The Bertz CT molecular complexity index is 605. The quantitative estimate of drug-likeness (QED) is 0.496. The van der Waals surface area contributed by atoms with Crippen LogP contribution < -0.4 is 10.1 Å². The number of rotatable bonds is 6. The molecular formula is C19H22N2O2. The first-order valence-corrected chi connectivity index (χ1v) is 7.99. The van der Waals surface area contributed by atoms with Gasteiger partial charge in [0.05, 0.1) is 0 Å². The van der Waals surface area contributed by atoms with Gasteiger partial charge in [-0.3, -0.25) is 4.79 Å². The molecule has 4 heteroatoms. The van der Waals surface area contributed by atoms with Crippen molar-refractivity contribution in [3.63, 3.8) is 0 Å². The number of nitrogens with one attached hydrogen (secondary N) is 1. The van der Waals surface area contributed by atoms with Crippen molar-refractivity contribution in [2.45, 2.75) is 38.1 Å². The van der Waals surface area contributed by atoms with Crippen LogP contribution in [0.3, 0.4) is 0 Å². The van der Waals surface area contributed by atoms with E-state index in [9.17, 15) is 10.1 Å². The minimum atomic E-state index is -0.286. The summed E-state index contributed by atoms with van der Waals surface area (Å²) in [5.41, 5.74) is 0.932. The van der Waals surface area contributed by atoms with Crippen molar-refractivity contribution in [3.8, 4) is 11.8 Å². The van der Waals surface area contributed by atoms with Crippen molar-refractivity contribution in [1.82, 2.24) is 5.32 Å². The van der Waals surface area contributed by atoms with Crippen LogP contribution in [0.1, 0.15) is 37.7 Å². The number of carbonyl (C=O) groups is 1. The molecule has 1 fully saturated rings.